The average Bonchev–Trinajstić information content (AvgIpc) is 2.83. The third-order valence-corrected chi connectivity index (χ3v) is 2.61. The van der Waals surface area contributed by atoms with Crippen molar-refractivity contribution >= 4 is 16.5 Å². The molecule has 0 bridgehead atoms. The van der Waals surface area contributed by atoms with Crippen molar-refractivity contribution < 1.29 is 0 Å². The van der Waals surface area contributed by atoms with Crippen molar-refractivity contribution in [2.24, 2.45) is 0 Å². The molecule has 0 saturated heterocycles. The van der Waals surface area contributed by atoms with Crippen LogP contribution >= 0.6 is 0 Å². The molecule has 0 spiro atoms. The van der Waals surface area contributed by atoms with Crippen molar-refractivity contribution in [2.75, 3.05) is 5.73 Å². The first-order chi connectivity index (χ1) is 7.86. The van der Waals surface area contributed by atoms with E-state index in [0.717, 1.165) is 22.1 Å². The van der Waals surface area contributed by atoms with Gasteiger partial charge in [-0.15, -0.1) is 0 Å². The van der Waals surface area contributed by atoms with Crippen molar-refractivity contribution in [1.29, 1.82) is 0 Å². The largest absolute Gasteiger partial charge is 0.398 e. The number of pyridine rings is 1. The van der Waals surface area contributed by atoms with Crippen LogP contribution in [0.15, 0.2) is 49.3 Å². The first-order valence-electron chi connectivity index (χ1n) is 4.97. The Hall–Kier alpha value is -2.36. The number of rotatable bonds is 1. The van der Waals surface area contributed by atoms with Gasteiger partial charge in [0.05, 0.1) is 12.0 Å². The predicted octanol–water partition coefficient (Wildman–Crippen LogP) is 2.00. The molecule has 2 N–H and O–H groups in total. The van der Waals surface area contributed by atoms with Crippen LogP contribution in [0, 0.1) is 0 Å². The number of benzene rings is 1. The van der Waals surface area contributed by atoms with Gasteiger partial charge in [-0.05, 0) is 18.2 Å². The normalized spacial score (nSPS) is 10.8. The highest BCUT2D eigenvalue weighted by Gasteiger charge is 2.04. The zero-order chi connectivity index (χ0) is 11.0. The number of nitrogens with zero attached hydrogens (tertiary/aromatic N) is 3. The van der Waals surface area contributed by atoms with Gasteiger partial charge in [-0.3, -0.25) is 4.98 Å². The monoisotopic (exact) mass is 210 g/mol. The van der Waals surface area contributed by atoms with E-state index in [2.05, 4.69) is 9.97 Å². The quantitative estimate of drug-likeness (QED) is 0.625. The number of fused-ring (bicyclic) bond motifs is 1. The summed E-state index contributed by atoms with van der Waals surface area (Å²) in [4.78, 5) is 8.17. The summed E-state index contributed by atoms with van der Waals surface area (Å²) in [5.74, 6) is 0. The van der Waals surface area contributed by atoms with E-state index in [1.54, 1.807) is 18.7 Å². The van der Waals surface area contributed by atoms with Crippen LogP contribution in [0.25, 0.3) is 16.5 Å². The molecule has 0 amide bonds. The summed E-state index contributed by atoms with van der Waals surface area (Å²) in [6.45, 7) is 0. The maximum absolute atomic E-state index is 5.93. The topological polar surface area (TPSA) is 56.7 Å². The first kappa shape index (κ1) is 8.91. The molecule has 0 aliphatic rings. The molecule has 1 aromatic carbocycles. The molecule has 78 valence electrons. The molecule has 0 atom stereocenters. The zero-order valence-corrected chi connectivity index (χ0v) is 8.54. The van der Waals surface area contributed by atoms with Gasteiger partial charge in [-0.25, -0.2) is 4.98 Å². The minimum absolute atomic E-state index is 0.765. The van der Waals surface area contributed by atoms with Crippen LogP contribution in [-0.2, 0) is 0 Å². The van der Waals surface area contributed by atoms with Gasteiger partial charge in [0, 0.05) is 41.2 Å². The molecular formula is C12H10N4. The van der Waals surface area contributed by atoms with Gasteiger partial charge in [-0.2, -0.15) is 0 Å². The van der Waals surface area contributed by atoms with Gasteiger partial charge in [-0.1, -0.05) is 0 Å². The number of imidazole rings is 1. The third-order valence-electron chi connectivity index (χ3n) is 2.61. The molecule has 0 saturated carbocycles. The Bertz CT molecular complexity index is 629. The van der Waals surface area contributed by atoms with Crippen molar-refractivity contribution in [1.82, 2.24) is 14.5 Å². The molecule has 16 heavy (non-hydrogen) atoms. The fourth-order valence-electron chi connectivity index (χ4n) is 1.83. The van der Waals surface area contributed by atoms with E-state index in [0.29, 0.717) is 0 Å². The summed E-state index contributed by atoms with van der Waals surface area (Å²) in [5.41, 5.74) is 7.73. The van der Waals surface area contributed by atoms with Crippen LogP contribution in [0.5, 0.6) is 0 Å². The lowest BCUT2D eigenvalue weighted by Crippen LogP contribution is -1.95. The average molecular weight is 210 g/mol. The molecule has 2 heterocycles. The highest BCUT2D eigenvalue weighted by molar-refractivity contribution is 5.97. The maximum Gasteiger partial charge on any atom is 0.0991 e. The number of nitrogen functional groups attached to an aromatic ring is 1. The van der Waals surface area contributed by atoms with Crippen LogP contribution in [0.1, 0.15) is 0 Å². The first-order valence-corrected chi connectivity index (χ1v) is 4.97. The van der Waals surface area contributed by atoms with Crippen molar-refractivity contribution in [3.05, 3.63) is 49.3 Å². The lowest BCUT2D eigenvalue weighted by molar-refractivity contribution is 1.07. The van der Waals surface area contributed by atoms with Crippen LogP contribution in [-0.4, -0.2) is 14.5 Å². The molecule has 3 aromatic rings. The predicted molar refractivity (Wildman–Crippen MR) is 63.3 cm³/mol. The van der Waals surface area contributed by atoms with Crippen LogP contribution in [0.2, 0.25) is 0 Å². The fraction of sp³-hybridized carbons (Fsp3) is 0. The van der Waals surface area contributed by atoms with Crippen LogP contribution in [0.4, 0.5) is 5.69 Å². The summed E-state index contributed by atoms with van der Waals surface area (Å²) in [5, 5.41) is 2.04. The number of hydrogen-bond donors (Lipinski definition) is 1. The fourth-order valence-corrected chi connectivity index (χ4v) is 1.83. The Morgan fingerprint density at radius 1 is 1.00 bits per heavy atom. The summed E-state index contributed by atoms with van der Waals surface area (Å²) in [6, 6.07) is 5.80. The van der Waals surface area contributed by atoms with E-state index in [9.17, 15) is 0 Å². The van der Waals surface area contributed by atoms with Gasteiger partial charge in [0.2, 0.25) is 0 Å². The number of nitrogens with two attached hydrogens (primary N) is 1. The smallest absolute Gasteiger partial charge is 0.0991 e. The van der Waals surface area contributed by atoms with Crippen molar-refractivity contribution in [2.45, 2.75) is 0 Å². The van der Waals surface area contributed by atoms with Gasteiger partial charge in [0.25, 0.3) is 0 Å². The summed E-state index contributed by atoms with van der Waals surface area (Å²) in [6.07, 6.45) is 8.98. The summed E-state index contributed by atoms with van der Waals surface area (Å²) in [7, 11) is 0. The standard InChI is InChI=1S/C12H10N4/c13-11-1-2-12(16-6-5-15-8-16)10-7-14-4-3-9(10)11/h1-8H,13H2. The second-order valence-corrected chi connectivity index (χ2v) is 3.57. The SMILES string of the molecule is Nc1ccc(-n2ccnc2)c2cnccc12. The molecule has 2 aromatic heterocycles. The highest BCUT2D eigenvalue weighted by Crippen LogP contribution is 2.25. The van der Waals surface area contributed by atoms with Gasteiger partial charge < -0.3 is 10.3 Å². The number of aromatic nitrogens is 3. The lowest BCUT2D eigenvalue weighted by atomic mass is 10.1. The molecule has 0 radical (unpaired) electrons. The molecule has 4 heteroatoms. The Morgan fingerprint density at radius 3 is 2.75 bits per heavy atom. The Morgan fingerprint density at radius 2 is 1.94 bits per heavy atom. The van der Waals surface area contributed by atoms with Crippen molar-refractivity contribution in [3.63, 3.8) is 0 Å². The van der Waals surface area contributed by atoms with Gasteiger partial charge >= 0.3 is 0 Å². The van der Waals surface area contributed by atoms with E-state index in [-0.39, 0.29) is 0 Å². The molecular weight excluding hydrogens is 200 g/mol. The lowest BCUT2D eigenvalue weighted by Gasteiger charge is -2.08. The minimum Gasteiger partial charge on any atom is -0.398 e. The van der Waals surface area contributed by atoms with Crippen molar-refractivity contribution in [3.8, 4) is 5.69 Å². The van der Waals surface area contributed by atoms with Gasteiger partial charge in [0.15, 0.2) is 0 Å². The summed E-state index contributed by atoms with van der Waals surface area (Å²) >= 11 is 0. The number of anilines is 1. The second kappa shape index (κ2) is 3.34. The molecule has 3 rings (SSSR count). The van der Waals surface area contributed by atoms with E-state index >= 15 is 0 Å². The molecule has 0 aliphatic carbocycles. The van der Waals surface area contributed by atoms with E-state index in [4.69, 9.17) is 5.73 Å². The molecule has 0 unspecified atom stereocenters. The van der Waals surface area contributed by atoms with E-state index in [1.165, 1.54) is 0 Å². The summed E-state index contributed by atoms with van der Waals surface area (Å²) < 4.78 is 1.95. The highest BCUT2D eigenvalue weighted by atomic mass is 15.0. The van der Waals surface area contributed by atoms with E-state index < -0.39 is 0 Å². The van der Waals surface area contributed by atoms with E-state index in [1.807, 2.05) is 35.2 Å². The number of hydrogen-bond acceptors (Lipinski definition) is 3. The Kier molecular flexibility index (Phi) is 1.86. The van der Waals surface area contributed by atoms with Gasteiger partial charge in [0.1, 0.15) is 0 Å². The maximum atomic E-state index is 5.93. The second-order valence-electron chi connectivity index (χ2n) is 3.57. The third kappa shape index (κ3) is 1.24. The minimum atomic E-state index is 0.765. The Labute approximate surface area is 92.4 Å². The molecule has 0 fully saturated rings. The zero-order valence-electron chi connectivity index (χ0n) is 8.54. The van der Waals surface area contributed by atoms with Crippen LogP contribution in [0.3, 0.4) is 0 Å². The molecule has 0 aliphatic heterocycles. The Balaban J connectivity index is 2.39. The molecule has 4 nitrogen and oxygen atoms in total. The van der Waals surface area contributed by atoms with Crippen LogP contribution < -0.4 is 5.73 Å².